The lowest BCUT2D eigenvalue weighted by Crippen LogP contribution is -2.41. The molecule has 0 spiro atoms. The molecule has 2 unspecified atom stereocenters. The third kappa shape index (κ3) is 1.33. The van der Waals surface area contributed by atoms with Crippen LogP contribution in [0.2, 0.25) is 0 Å². The third-order valence-corrected chi connectivity index (χ3v) is 4.62. The fraction of sp³-hybridized carbons (Fsp3) is 0.833. The van der Waals surface area contributed by atoms with Crippen molar-refractivity contribution < 1.29 is 9.31 Å². The minimum Gasteiger partial charge on any atom is -0.400 e. The van der Waals surface area contributed by atoms with Gasteiger partial charge in [0, 0.05) is 13.1 Å². The molecule has 2 fully saturated rings. The smallest absolute Gasteiger partial charge is 0.400 e. The van der Waals surface area contributed by atoms with E-state index in [1.807, 2.05) is 0 Å². The Kier molecular flexibility index (Phi) is 2.11. The zero-order valence-corrected chi connectivity index (χ0v) is 10.5. The van der Waals surface area contributed by atoms with Crippen LogP contribution >= 0.6 is 0 Å². The second-order valence-corrected chi connectivity index (χ2v) is 6.18. The minimum atomic E-state index is -0.213. The predicted octanol–water partition coefficient (Wildman–Crippen LogP) is 1.39. The molecule has 2 saturated heterocycles. The van der Waals surface area contributed by atoms with Gasteiger partial charge in [0.15, 0.2) is 0 Å². The van der Waals surface area contributed by atoms with Crippen molar-refractivity contribution >= 4 is 7.12 Å². The second-order valence-electron chi connectivity index (χ2n) is 6.18. The molecule has 2 aliphatic heterocycles. The van der Waals surface area contributed by atoms with Crippen LogP contribution in [0.4, 0.5) is 0 Å². The summed E-state index contributed by atoms with van der Waals surface area (Å²) in [5, 5.41) is 3.42. The number of hydrogen-bond donors (Lipinski definition) is 1. The standard InChI is InChI=1S/C12H20BNO2/c1-11(2)12(3,4)16-13(15-11)10-5-8-6-14-7-9(8)10/h5,8-9,14H,6-7H2,1-4H3. The summed E-state index contributed by atoms with van der Waals surface area (Å²) in [6, 6.07) is 0. The summed E-state index contributed by atoms with van der Waals surface area (Å²) in [4.78, 5) is 0. The van der Waals surface area contributed by atoms with Gasteiger partial charge in [0.05, 0.1) is 11.2 Å². The van der Waals surface area contributed by atoms with Crippen molar-refractivity contribution in [2.75, 3.05) is 13.1 Å². The van der Waals surface area contributed by atoms with Gasteiger partial charge in [-0.15, -0.1) is 0 Å². The van der Waals surface area contributed by atoms with Crippen molar-refractivity contribution in [2.45, 2.75) is 38.9 Å². The largest absolute Gasteiger partial charge is 0.490 e. The Morgan fingerprint density at radius 3 is 2.38 bits per heavy atom. The van der Waals surface area contributed by atoms with Crippen molar-refractivity contribution in [2.24, 2.45) is 11.8 Å². The molecule has 2 atom stereocenters. The molecule has 0 saturated carbocycles. The van der Waals surface area contributed by atoms with E-state index in [0.29, 0.717) is 11.8 Å². The van der Waals surface area contributed by atoms with Crippen LogP contribution in [0.3, 0.4) is 0 Å². The molecule has 1 aliphatic carbocycles. The van der Waals surface area contributed by atoms with E-state index in [-0.39, 0.29) is 18.3 Å². The van der Waals surface area contributed by atoms with Gasteiger partial charge in [-0.1, -0.05) is 6.08 Å². The highest BCUT2D eigenvalue weighted by Crippen LogP contribution is 2.45. The van der Waals surface area contributed by atoms with Crippen LogP contribution in [0.5, 0.6) is 0 Å². The number of rotatable bonds is 1. The minimum absolute atomic E-state index is 0.119. The van der Waals surface area contributed by atoms with Crippen molar-refractivity contribution in [1.82, 2.24) is 5.32 Å². The van der Waals surface area contributed by atoms with E-state index in [4.69, 9.17) is 9.31 Å². The predicted molar refractivity (Wildman–Crippen MR) is 64.0 cm³/mol. The number of nitrogens with one attached hydrogen (secondary N) is 1. The van der Waals surface area contributed by atoms with Gasteiger partial charge < -0.3 is 14.6 Å². The van der Waals surface area contributed by atoms with E-state index in [1.165, 1.54) is 5.47 Å². The van der Waals surface area contributed by atoms with Crippen molar-refractivity contribution in [3.05, 3.63) is 11.5 Å². The molecule has 3 aliphatic rings. The Hall–Kier alpha value is -0.315. The molecule has 3 rings (SSSR count). The summed E-state index contributed by atoms with van der Waals surface area (Å²) in [6.45, 7) is 10.6. The molecule has 88 valence electrons. The Labute approximate surface area is 97.7 Å². The van der Waals surface area contributed by atoms with E-state index >= 15 is 0 Å². The van der Waals surface area contributed by atoms with Crippen LogP contribution in [0.1, 0.15) is 27.7 Å². The molecule has 0 aromatic carbocycles. The van der Waals surface area contributed by atoms with Gasteiger partial charge in [-0.2, -0.15) is 0 Å². The van der Waals surface area contributed by atoms with Crippen LogP contribution in [0.15, 0.2) is 11.5 Å². The zero-order valence-electron chi connectivity index (χ0n) is 10.5. The maximum absolute atomic E-state index is 6.06. The summed E-state index contributed by atoms with van der Waals surface area (Å²) in [7, 11) is -0.119. The molecule has 1 N–H and O–H groups in total. The highest BCUT2D eigenvalue weighted by Gasteiger charge is 2.56. The van der Waals surface area contributed by atoms with Gasteiger partial charge in [-0.25, -0.2) is 0 Å². The van der Waals surface area contributed by atoms with Gasteiger partial charge in [-0.05, 0) is 45.0 Å². The van der Waals surface area contributed by atoms with Crippen LogP contribution in [-0.2, 0) is 9.31 Å². The van der Waals surface area contributed by atoms with E-state index in [2.05, 4.69) is 39.1 Å². The van der Waals surface area contributed by atoms with E-state index < -0.39 is 0 Å². The molecule has 0 aromatic rings. The third-order valence-electron chi connectivity index (χ3n) is 4.62. The van der Waals surface area contributed by atoms with Gasteiger partial charge in [0.2, 0.25) is 0 Å². The molecule has 3 nitrogen and oxygen atoms in total. The summed E-state index contributed by atoms with van der Waals surface area (Å²) in [6.07, 6.45) is 2.33. The van der Waals surface area contributed by atoms with Gasteiger partial charge in [0.1, 0.15) is 0 Å². The van der Waals surface area contributed by atoms with Crippen molar-refractivity contribution in [3.63, 3.8) is 0 Å². The molecule has 0 bridgehead atoms. The van der Waals surface area contributed by atoms with Crippen molar-refractivity contribution in [3.8, 4) is 0 Å². The lowest BCUT2D eigenvalue weighted by Gasteiger charge is -2.32. The first kappa shape index (κ1) is 10.8. The van der Waals surface area contributed by atoms with E-state index in [9.17, 15) is 0 Å². The van der Waals surface area contributed by atoms with Gasteiger partial charge in [0.25, 0.3) is 0 Å². The van der Waals surface area contributed by atoms with Gasteiger partial charge in [-0.3, -0.25) is 0 Å². The summed E-state index contributed by atoms with van der Waals surface area (Å²) >= 11 is 0. The molecule has 0 amide bonds. The maximum atomic E-state index is 6.06. The molecule has 16 heavy (non-hydrogen) atoms. The Morgan fingerprint density at radius 1 is 1.19 bits per heavy atom. The van der Waals surface area contributed by atoms with Gasteiger partial charge >= 0.3 is 7.12 Å². The Bertz CT molecular complexity index is 335. The van der Waals surface area contributed by atoms with Crippen LogP contribution in [-0.4, -0.2) is 31.4 Å². The number of fused-ring (bicyclic) bond motifs is 1. The lowest BCUT2D eigenvalue weighted by atomic mass is 9.60. The first-order valence-electron chi connectivity index (χ1n) is 6.19. The quantitative estimate of drug-likeness (QED) is 0.679. The molecule has 0 aromatic heterocycles. The molecular weight excluding hydrogens is 201 g/mol. The van der Waals surface area contributed by atoms with Crippen LogP contribution in [0.25, 0.3) is 0 Å². The zero-order chi connectivity index (χ0) is 11.6. The highest BCUT2D eigenvalue weighted by molar-refractivity contribution is 6.55. The Morgan fingerprint density at radius 2 is 1.81 bits per heavy atom. The average molecular weight is 221 g/mol. The SMILES string of the molecule is CC1(C)OB(C2=CC3CNCC23)OC1(C)C. The first-order chi connectivity index (χ1) is 7.41. The molecular formula is C12H20BNO2. The monoisotopic (exact) mass is 221 g/mol. The fourth-order valence-corrected chi connectivity index (χ4v) is 2.72. The van der Waals surface area contributed by atoms with E-state index in [1.54, 1.807) is 0 Å². The normalized spacial score (nSPS) is 39.2. The molecule has 0 radical (unpaired) electrons. The topological polar surface area (TPSA) is 30.5 Å². The maximum Gasteiger partial charge on any atom is 0.490 e. The van der Waals surface area contributed by atoms with Crippen LogP contribution in [0, 0.1) is 11.8 Å². The second kappa shape index (κ2) is 3.12. The number of hydrogen-bond acceptors (Lipinski definition) is 3. The summed E-state index contributed by atoms with van der Waals surface area (Å²) < 4.78 is 12.1. The summed E-state index contributed by atoms with van der Waals surface area (Å²) in [5.74, 6) is 1.36. The van der Waals surface area contributed by atoms with Crippen LogP contribution < -0.4 is 5.32 Å². The average Bonchev–Trinajstić information content (AvgIpc) is 2.53. The van der Waals surface area contributed by atoms with Crippen molar-refractivity contribution in [1.29, 1.82) is 0 Å². The van der Waals surface area contributed by atoms with E-state index in [0.717, 1.165) is 13.1 Å². The Balaban J connectivity index is 1.78. The molecule has 2 heterocycles. The first-order valence-corrected chi connectivity index (χ1v) is 6.19. The molecule has 4 heteroatoms. The highest BCUT2D eigenvalue weighted by atomic mass is 16.7. The summed E-state index contributed by atoms with van der Waals surface area (Å²) in [5.41, 5.74) is 0.930. The lowest BCUT2D eigenvalue weighted by molar-refractivity contribution is 0.00578. The fourth-order valence-electron chi connectivity index (χ4n) is 2.72.